The van der Waals surface area contributed by atoms with Gasteiger partial charge in [0.2, 0.25) is 10.0 Å². The molecule has 1 heterocycles. The summed E-state index contributed by atoms with van der Waals surface area (Å²) in [7, 11) is -1.29. The van der Waals surface area contributed by atoms with Crippen LogP contribution in [0.2, 0.25) is 0 Å². The summed E-state index contributed by atoms with van der Waals surface area (Å²) in [5.74, 6) is -1.08. The molecule has 1 rings (SSSR count). The molecule has 0 radical (unpaired) electrons. The van der Waals surface area contributed by atoms with E-state index in [2.05, 4.69) is 23.6 Å². The zero-order valence-electron chi connectivity index (χ0n) is 11.7. The standard InChI is InChI=1S/C12H24N2O4S/c1-12(5-7-14(2)8-6-12)10-13-19(17,18)9-3-4-11(15)16/h13H,3-10H2,1-2H3,(H,15,16). The highest BCUT2D eigenvalue weighted by Crippen LogP contribution is 2.29. The zero-order valence-corrected chi connectivity index (χ0v) is 12.5. The molecule has 7 heteroatoms. The smallest absolute Gasteiger partial charge is 0.303 e. The topological polar surface area (TPSA) is 86.7 Å². The van der Waals surface area contributed by atoms with Crippen molar-refractivity contribution in [3.05, 3.63) is 0 Å². The molecule has 19 heavy (non-hydrogen) atoms. The predicted octanol–water partition coefficient (Wildman–Crippen LogP) is 0.503. The van der Waals surface area contributed by atoms with Crippen molar-refractivity contribution in [2.75, 3.05) is 32.4 Å². The number of carboxylic acid groups (broad SMARTS) is 1. The number of aliphatic carboxylic acids is 1. The number of nitrogens with zero attached hydrogens (tertiary/aromatic N) is 1. The second-order valence-electron chi connectivity index (χ2n) is 5.75. The summed E-state index contributed by atoms with van der Waals surface area (Å²) in [5, 5.41) is 8.49. The summed E-state index contributed by atoms with van der Waals surface area (Å²) < 4.78 is 26.1. The van der Waals surface area contributed by atoms with Crippen LogP contribution < -0.4 is 4.72 Å². The average Bonchev–Trinajstić information content (AvgIpc) is 2.31. The lowest BCUT2D eigenvalue weighted by atomic mass is 9.81. The molecule has 1 saturated heterocycles. The lowest BCUT2D eigenvalue weighted by molar-refractivity contribution is -0.137. The molecule has 0 atom stereocenters. The summed E-state index contributed by atoms with van der Waals surface area (Å²) in [6, 6.07) is 0. The number of rotatable bonds is 7. The third-order valence-corrected chi connectivity index (χ3v) is 5.13. The molecule has 0 unspecified atom stereocenters. The van der Waals surface area contributed by atoms with Crippen LogP contribution in [0, 0.1) is 5.41 Å². The van der Waals surface area contributed by atoms with E-state index >= 15 is 0 Å². The minimum atomic E-state index is -3.36. The van der Waals surface area contributed by atoms with Crippen LogP contribution in [0.3, 0.4) is 0 Å². The van der Waals surface area contributed by atoms with E-state index < -0.39 is 16.0 Å². The van der Waals surface area contributed by atoms with Gasteiger partial charge < -0.3 is 10.0 Å². The second-order valence-corrected chi connectivity index (χ2v) is 7.68. The maximum Gasteiger partial charge on any atom is 0.303 e. The molecule has 0 aromatic carbocycles. The van der Waals surface area contributed by atoms with Crippen molar-refractivity contribution in [1.29, 1.82) is 0 Å². The Bertz CT molecular complexity index is 400. The van der Waals surface area contributed by atoms with E-state index in [1.807, 2.05) is 0 Å². The van der Waals surface area contributed by atoms with Gasteiger partial charge in [-0.1, -0.05) is 6.92 Å². The van der Waals surface area contributed by atoms with Crippen LogP contribution >= 0.6 is 0 Å². The Morgan fingerprint density at radius 1 is 1.37 bits per heavy atom. The first-order chi connectivity index (χ1) is 8.72. The van der Waals surface area contributed by atoms with Gasteiger partial charge in [0.25, 0.3) is 0 Å². The van der Waals surface area contributed by atoms with Crippen molar-refractivity contribution in [3.63, 3.8) is 0 Å². The normalized spacial score (nSPS) is 20.3. The maximum atomic E-state index is 11.7. The number of carbonyl (C=O) groups is 1. The Morgan fingerprint density at radius 2 is 1.95 bits per heavy atom. The highest BCUT2D eigenvalue weighted by atomic mass is 32.2. The Labute approximate surface area is 115 Å². The number of likely N-dealkylation sites (tertiary alicyclic amines) is 1. The molecule has 0 amide bonds. The molecule has 1 aliphatic heterocycles. The fourth-order valence-electron chi connectivity index (χ4n) is 2.10. The van der Waals surface area contributed by atoms with E-state index in [4.69, 9.17) is 5.11 Å². The fourth-order valence-corrected chi connectivity index (χ4v) is 3.34. The SMILES string of the molecule is CN1CCC(C)(CNS(=O)(=O)CCCC(=O)O)CC1. The summed E-state index contributed by atoms with van der Waals surface area (Å²) in [4.78, 5) is 12.6. The first-order valence-corrected chi connectivity index (χ1v) is 8.25. The third-order valence-electron chi connectivity index (χ3n) is 3.72. The van der Waals surface area contributed by atoms with E-state index in [-0.39, 0.29) is 24.0 Å². The molecule has 0 saturated carbocycles. The Kier molecular flexibility index (Phi) is 5.76. The van der Waals surface area contributed by atoms with E-state index in [0.29, 0.717) is 6.54 Å². The van der Waals surface area contributed by atoms with Gasteiger partial charge in [-0.3, -0.25) is 4.79 Å². The van der Waals surface area contributed by atoms with Crippen LogP contribution in [-0.4, -0.2) is 56.8 Å². The van der Waals surface area contributed by atoms with Gasteiger partial charge in [-0.05, 0) is 44.8 Å². The molecule has 6 nitrogen and oxygen atoms in total. The van der Waals surface area contributed by atoms with Gasteiger partial charge in [-0.25, -0.2) is 13.1 Å². The number of hydrogen-bond donors (Lipinski definition) is 2. The summed E-state index contributed by atoms with van der Waals surface area (Å²) in [6.45, 7) is 4.50. The molecule has 112 valence electrons. The average molecular weight is 292 g/mol. The first-order valence-electron chi connectivity index (χ1n) is 6.60. The maximum absolute atomic E-state index is 11.7. The number of carboxylic acids is 1. The Hall–Kier alpha value is -0.660. The lowest BCUT2D eigenvalue weighted by Crippen LogP contribution is -2.43. The van der Waals surface area contributed by atoms with Crippen molar-refractivity contribution in [2.24, 2.45) is 5.41 Å². The van der Waals surface area contributed by atoms with Crippen LogP contribution in [0.5, 0.6) is 0 Å². The quantitative estimate of drug-likeness (QED) is 0.713. The van der Waals surface area contributed by atoms with Crippen molar-refractivity contribution < 1.29 is 18.3 Å². The van der Waals surface area contributed by atoms with Crippen LogP contribution in [0.4, 0.5) is 0 Å². The van der Waals surface area contributed by atoms with E-state index in [0.717, 1.165) is 25.9 Å². The predicted molar refractivity (Wildman–Crippen MR) is 73.5 cm³/mol. The number of piperidine rings is 1. The molecule has 2 N–H and O–H groups in total. The Balaban J connectivity index is 2.36. The van der Waals surface area contributed by atoms with Crippen molar-refractivity contribution in [2.45, 2.75) is 32.6 Å². The number of nitrogens with one attached hydrogen (secondary N) is 1. The van der Waals surface area contributed by atoms with Crippen LogP contribution in [-0.2, 0) is 14.8 Å². The third kappa shape index (κ3) is 6.35. The Morgan fingerprint density at radius 3 is 2.47 bits per heavy atom. The van der Waals surface area contributed by atoms with Crippen LogP contribution in [0.15, 0.2) is 0 Å². The molecule has 0 aromatic rings. The van der Waals surface area contributed by atoms with E-state index in [1.165, 1.54) is 0 Å². The second kappa shape index (κ2) is 6.67. The summed E-state index contributed by atoms with van der Waals surface area (Å²) >= 11 is 0. The molecular formula is C12H24N2O4S. The summed E-state index contributed by atoms with van der Waals surface area (Å²) in [6.07, 6.45) is 2.00. The van der Waals surface area contributed by atoms with Gasteiger partial charge >= 0.3 is 5.97 Å². The fraction of sp³-hybridized carbons (Fsp3) is 0.917. The molecule has 0 spiro atoms. The van der Waals surface area contributed by atoms with E-state index in [1.54, 1.807) is 0 Å². The van der Waals surface area contributed by atoms with Gasteiger partial charge in [-0.15, -0.1) is 0 Å². The molecule has 0 bridgehead atoms. The van der Waals surface area contributed by atoms with Gasteiger partial charge in [0.1, 0.15) is 0 Å². The molecular weight excluding hydrogens is 268 g/mol. The lowest BCUT2D eigenvalue weighted by Gasteiger charge is -2.37. The van der Waals surface area contributed by atoms with Gasteiger partial charge in [0, 0.05) is 13.0 Å². The highest BCUT2D eigenvalue weighted by molar-refractivity contribution is 7.89. The van der Waals surface area contributed by atoms with Crippen LogP contribution in [0.25, 0.3) is 0 Å². The van der Waals surface area contributed by atoms with Crippen molar-refractivity contribution >= 4 is 16.0 Å². The van der Waals surface area contributed by atoms with Crippen molar-refractivity contribution in [3.8, 4) is 0 Å². The zero-order chi connectivity index (χ0) is 14.5. The molecule has 1 aliphatic rings. The molecule has 0 aromatic heterocycles. The van der Waals surface area contributed by atoms with E-state index in [9.17, 15) is 13.2 Å². The van der Waals surface area contributed by atoms with Crippen LogP contribution in [0.1, 0.15) is 32.6 Å². The minimum Gasteiger partial charge on any atom is -0.481 e. The molecule has 1 fully saturated rings. The summed E-state index contributed by atoms with van der Waals surface area (Å²) in [5.41, 5.74) is 0.00633. The minimum absolute atomic E-state index is 0.00633. The molecule has 0 aliphatic carbocycles. The monoisotopic (exact) mass is 292 g/mol. The first kappa shape index (κ1) is 16.4. The highest BCUT2D eigenvalue weighted by Gasteiger charge is 2.30. The number of hydrogen-bond acceptors (Lipinski definition) is 4. The van der Waals surface area contributed by atoms with Gasteiger partial charge in [0.15, 0.2) is 0 Å². The largest absolute Gasteiger partial charge is 0.481 e. The number of sulfonamides is 1. The van der Waals surface area contributed by atoms with Gasteiger partial charge in [-0.2, -0.15) is 0 Å². The van der Waals surface area contributed by atoms with Gasteiger partial charge in [0.05, 0.1) is 5.75 Å². The van der Waals surface area contributed by atoms with Crippen molar-refractivity contribution in [1.82, 2.24) is 9.62 Å².